The first kappa shape index (κ1) is 10.3. The molecule has 0 nitrogen and oxygen atoms in total. The highest BCUT2D eigenvalue weighted by atomic mass is 28.3. The van der Waals surface area contributed by atoms with Crippen molar-refractivity contribution in [3.8, 4) is 0 Å². The second kappa shape index (κ2) is 3.95. The van der Waals surface area contributed by atoms with Gasteiger partial charge in [-0.1, -0.05) is 59.4 Å². The van der Waals surface area contributed by atoms with E-state index in [1.165, 1.54) is 32.1 Å². The third-order valence-corrected chi connectivity index (χ3v) is 7.57. The molecule has 0 unspecified atom stereocenters. The molecule has 0 N–H and O–H groups in total. The molecule has 71 valence electrons. The SMILES string of the molecule is C[Si](C1CCCCC1)C(C)(C)C. The molecule has 0 aromatic rings. The van der Waals surface area contributed by atoms with Crippen LogP contribution in [0.3, 0.4) is 0 Å². The Hall–Kier alpha value is 0.217. The first-order valence-corrected chi connectivity index (χ1v) is 7.43. The van der Waals surface area contributed by atoms with Gasteiger partial charge in [-0.3, -0.25) is 0 Å². The molecule has 1 fully saturated rings. The standard InChI is InChI=1S/C11H23Si/c1-11(2,3)12(4)10-8-6-5-7-9-10/h10H,5-9H2,1-4H3. The molecule has 12 heavy (non-hydrogen) atoms. The maximum atomic E-state index is 2.54. The zero-order valence-corrected chi connectivity index (χ0v) is 10.1. The molecule has 0 aromatic heterocycles. The molecule has 1 rings (SSSR count). The van der Waals surface area contributed by atoms with Gasteiger partial charge < -0.3 is 0 Å². The minimum absolute atomic E-state index is 0.106. The molecule has 0 heterocycles. The van der Waals surface area contributed by atoms with Crippen LogP contribution in [0, 0.1) is 0 Å². The van der Waals surface area contributed by atoms with E-state index in [1.54, 1.807) is 0 Å². The fourth-order valence-electron chi connectivity index (χ4n) is 2.15. The van der Waals surface area contributed by atoms with Crippen LogP contribution < -0.4 is 0 Å². The Labute approximate surface area is 79.4 Å². The Morgan fingerprint density at radius 3 is 1.92 bits per heavy atom. The van der Waals surface area contributed by atoms with Gasteiger partial charge >= 0.3 is 0 Å². The van der Waals surface area contributed by atoms with E-state index in [2.05, 4.69) is 27.3 Å². The van der Waals surface area contributed by atoms with Crippen molar-refractivity contribution in [2.45, 2.75) is 70.0 Å². The molecule has 0 spiro atoms. The van der Waals surface area contributed by atoms with Crippen LogP contribution in [0.5, 0.6) is 0 Å². The molecule has 1 aliphatic carbocycles. The van der Waals surface area contributed by atoms with Gasteiger partial charge in [-0.15, -0.1) is 0 Å². The van der Waals surface area contributed by atoms with Crippen LogP contribution >= 0.6 is 0 Å². The summed E-state index contributed by atoms with van der Waals surface area (Å²) in [6.45, 7) is 9.82. The van der Waals surface area contributed by atoms with E-state index in [0.29, 0.717) is 5.04 Å². The van der Waals surface area contributed by atoms with E-state index in [9.17, 15) is 0 Å². The average molecular weight is 183 g/mol. The minimum Gasteiger partial charge on any atom is -0.0705 e. The Kier molecular flexibility index (Phi) is 3.39. The zero-order valence-electron chi connectivity index (χ0n) is 9.11. The van der Waals surface area contributed by atoms with E-state index in [4.69, 9.17) is 0 Å². The second-order valence-corrected chi connectivity index (χ2v) is 8.95. The van der Waals surface area contributed by atoms with Gasteiger partial charge in [0.05, 0.1) is 8.80 Å². The highest BCUT2D eigenvalue weighted by Crippen LogP contribution is 2.41. The van der Waals surface area contributed by atoms with Crippen LogP contribution in [0.2, 0.25) is 17.1 Å². The summed E-state index contributed by atoms with van der Waals surface area (Å²) >= 11 is 0. The third-order valence-electron chi connectivity index (χ3n) is 3.40. The molecule has 1 radical (unpaired) electrons. The predicted octanol–water partition coefficient (Wildman–Crippen LogP) is 4.25. The summed E-state index contributed by atoms with van der Waals surface area (Å²) in [7, 11) is -0.106. The Morgan fingerprint density at radius 2 is 1.50 bits per heavy atom. The van der Waals surface area contributed by atoms with Crippen molar-refractivity contribution >= 4 is 8.80 Å². The lowest BCUT2D eigenvalue weighted by molar-refractivity contribution is 0.486. The summed E-state index contributed by atoms with van der Waals surface area (Å²) in [5, 5.41) is 0.618. The molecule has 0 atom stereocenters. The van der Waals surface area contributed by atoms with Crippen molar-refractivity contribution < 1.29 is 0 Å². The number of rotatable bonds is 1. The summed E-state index contributed by atoms with van der Waals surface area (Å²) < 4.78 is 0. The molecular weight excluding hydrogens is 160 g/mol. The molecule has 0 saturated heterocycles. The summed E-state index contributed by atoms with van der Waals surface area (Å²) in [6, 6.07) is 0. The summed E-state index contributed by atoms with van der Waals surface area (Å²) in [5.74, 6) is 0. The van der Waals surface area contributed by atoms with E-state index < -0.39 is 0 Å². The fraction of sp³-hybridized carbons (Fsp3) is 1.00. The quantitative estimate of drug-likeness (QED) is 0.533. The second-order valence-electron chi connectivity index (χ2n) is 5.27. The lowest BCUT2D eigenvalue weighted by Crippen LogP contribution is -2.29. The monoisotopic (exact) mass is 183 g/mol. The fourth-order valence-corrected chi connectivity index (χ4v) is 4.65. The van der Waals surface area contributed by atoms with Crippen LogP contribution in [0.15, 0.2) is 0 Å². The summed E-state index contributed by atoms with van der Waals surface area (Å²) in [4.78, 5) is 0. The molecule has 1 saturated carbocycles. The third kappa shape index (κ3) is 2.62. The zero-order chi connectivity index (χ0) is 9.19. The van der Waals surface area contributed by atoms with Crippen LogP contribution in [-0.4, -0.2) is 8.80 Å². The van der Waals surface area contributed by atoms with E-state index in [1.807, 2.05) is 0 Å². The lowest BCUT2D eigenvalue weighted by Gasteiger charge is -2.35. The van der Waals surface area contributed by atoms with E-state index in [-0.39, 0.29) is 8.80 Å². The summed E-state index contributed by atoms with van der Waals surface area (Å²) in [5.41, 5.74) is 1.11. The maximum absolute atomic E-state index is 2.54. The highest BCUT2D eigenvalue weighted by Gasteiger charge is 2.30. The van der Waals surface area contributed by atoms with Crippen molar-refractivity contribution in [2.75, 3.05) is 0 Å². The van der Waals surface area contributed by atoms with Crippen LogP contribution in [-0.2, 0) is 0 Å². The topological polar surface area (TPSA) is 0 Å². The van der Waals surface area contributed by atoms with Crippen LogP contribution in [0.25, 0.3) is 0 Å². The van der Waals surface area contributed by atoms with Crippen LogP contribution in [0.4, 0.5) is 0 Å². The number of hydrogen-bond acceptors (Lipinski definition) is 0. The van der Waals surface area contributed by atoms with Gasteiger partial charge in [0.1, 0.15) is 0 Å². The normalized spacial score (nSPS) is 21.8. The van der Waals surface area contributed by atoms with Crippen molar-refractivity contribution in [3.05, 3.63) is 0 Å². The first-order chi connectivity index (χ1) is 5.52. The van der Waals surface area contributed by atoms with Gasteiger partial charge in [-0.05, 0) is 10.6 Å². The van der Waals surface area contributed by atoms with E-state index >= 15 is 0 Å². The van der Waals surface area contributed by atoms with Crippen molar-refractivity contribution in [3.63, 3.8) is 0 Å². The van der Waals surface area contributed by atoms with Gasteiger partial charge in [-0.25, -0.2) is 0 Å². The Balaban J connectivity index is 2.45. The van der Waals surface area contributed by atoms with Gasteiger partial charge in [0.15, 0.2) is 0 Å². The van der Waals surface area contributed by atoms with Crippen molar-refractivity contribution in [1.82, 2.24) is 0 Å². The molecule has 1 aliphatic rings. The van der Waals surface area contributed by atoms with E-state index in [0.717, 1.165) is 5.54 Å². The predicted molar refractivity (Wildman–Crippen MR) is 58.2 cm³/mol. The molecular formula is C11H23Si. The maximum Gasteiger partial charge on any atom is 0.0537 e. The Bertz CT molecular complexity index is 128. The van der Waals surface area contributed by atoms with Gasteiger partial charge in [0.25, 0.3) is 0 Å². The molecule has 0 amide bonds. The first-order valence-electron chi connectivity index (χ1n) is 5.36. The average Bonchev–Trinajstić information content (AvgIpc) is 2.03. The molecule has 0 aromatic carbocycles. The van der Waals surface area contributed by atoms with Gasteiger partial charge in [0, 0.05) is 0 Å². The molecule has 1 heteroatoms. The largest absolute Gasteiger partial charge is 0.0705 e. The Morgan fingerprint density at radius 1 is 1.00 bits per heavy atom. The van der Waals surface area contributed by atoms with Gasteiger partial charge in [-0.2, -0.15) is 0 Å². The highest BCUT2D eigenvalue weighted by molar-refractivity contribution is 6.62. The molecule has 0 aliphatic heterocycles. The van der Waals surface area contributed by atoms with Gasteiger partial charge in [0.2, 0.25) is 0 Å². The molecule has 0 bridgehead atoms. The lowest BCUT2D eigenvalue weighted by atomic mass is 10.0. The summed E-state index contributed by atoms with van der Waals surface area (Å²) in [6.07, 6.45) is 7.56. The smallest absolute Gasteiger partial charge is 0.0537 e. The van der Waals surface area contributed by atoms with Crippen molar-refractivity contribution in [1.29, 1.82) is 0 Å². The minimum atomic E-state index is -0.106. The van der Waals surface area contributed by atoms with Crippen molar-refractivity contribution in [2.24, 2.45) is 0 Å². The van der Waals surface area contributed by atoms with Crippen LogP contribution in [0.1, 0.15) is 52.9 Å². The number of hydrogen-bond donors (Lipinski definition) is 0.